The topological polar surface area (TPSA) is 138 Å². The number of carbonyl (C=O) groups excluding carboxylic acids is 1. The molecule has 12 nitrogen and oxygen atoms in total. The molecule has 2 atom stereocenters. The van der Waals surface area contributed by atoms with Crippen LogP contribution >= 0.6 is 0 Å². The maximum absolute atomic E-state index is 14.4. The van der Waals surface area contributed by atoms with E-state index < -0.39 is 16.1 Å². The van der Waals surface area contributed by atoms with Crippen molar-refractivity contribution in [3.63, 3.8) is 0 Å². The number of piperidine rings is 1. The number of imidazole rings is 1. The largest absolute Gasteiger partial charge is 0.481 e. The van der Waals surface area contributed by atoms with Gasteiger partial charge in [-0.2, -0.15) is 4.31 Å². The lowest BCUT2D eigenvalue weighted by molar-refractivity contribution is 0.0447. The van der Waals surface area contributed by atoms with Gasteiger partial charge in [-0.15, -0.1) is 0 Å². The Morgan fingerprint density at radius 3 is 2.35 bits per heavy atom. The van der Waals surface area contributed by atoms with Gasteiger partial charge in [-0.1, -0.05) is 60.7 Å². The van der Waals surface area contributed by atoms with Crippen LogP contribution < -0.4 is 4.74 Å². The highest BCUT2D eigenvalue weighted by Gasteiger charge is 2.37. The van der Waals surface area contributed by atoms with Crippen LogP contribution in [0.3, 0.4) is 0 Å². The smallest absolute Gasteiger partial charge is 0.407 e. The molecule has 13 heteroatoms. The number of hydrogen-bond acceptors (Lipinski definition) is 7. The predicted octanol–water partition coefficient (Wildman–Crippen LogP) is 4.03. The highest BCUT2D eigenvalue weighted by Crippen LogP contribution is 2.34. The summed E-state index contributed by atoms with van der Waals surface area (Å²) in [5.41, 5.74) is 2.65. The molecular weight excluding hydrogens is 608 g/mol. The van der Waals surface area contributed by atoms with Gasteiger partial charge in [0.05, 0.1) is 31.4 Å². The number of carbonyl (C=O) groups is 2. The number of amides is 2. The van der Waals surface area contributed by atoms with Crippen molar-refractivity contribution in [3.05, 3.63) is 96.6 Å². The van der Waals surface area contributed by atoms with Crippen molar-refractivity contribution in [3.8, 4) is 17.1 Å². The van der Waals surface area contributed by atoms with Gasteiger partial charge in [-0.3, -0.25) is 4.79 Å². The van der Waals surface area contributed by atoms with Crippen LogP contribution in [-0.2, 0) is 16.4 Å². The number of sulfonamides is 1. The number of ether oxygens (including phenoxy) is 1. The van der Waals surface area contributed by atoms with E-state index in [0.29, 0.717) is 37.4 Å². The lowest BCUT2D eigenvalue weighted by Crippen LogP contribution is -2.57. The fraction of sp³-hybridized carbons (Fsp3) is 0.333. The van der Waals surface area contributed by atoms with Crippen LogP contribution in [0.2, 0.25) is 0 Å². The van der Waals surface area contributed by atoms with Crippen LogP contribution in [0.15, 0.2) is 90.2 Å². The van der Waals surface area contributed by atoms with Gasteiger partial charge >= 0.3 is 6.09 Å². The van der Waals surface area contributed by atoms with E-state index in [1.54, 1.807) is 11.2 Å². The van der Waals surface area contributed by atoms with Gasteiger partial charge in [0.1, 0.15) is 4.90 Å². The van der Waals surface area contributed by atoms with E-state index in [9.17, 15) is 23.1 Å². The van der Waals surface area contributed by atoms with Crippen molar-refractivity contribution in [2.24, 2.45) is 0 Å². The molecule has 1 N–H and O–H groups in total. The number of hydrogen-bond donors (Lipinski definition) is 1. The molecule has 0 radical (unpaired) electrons. The Bertz CT molecular complexity index is 1780. The zero-order valence-corrected chi connectivity index (χ0v) is 26.3. The van der Waals surface area contributed by atoms with Gasteiger partial charge in [-0.25, -0.2) is 23.2 Å². The normalized spacial score (nSPS) is 19.2. The highest BCUT2D eigenvalue weighted by atomic mass is 32.2. The summed E-state index contributed by atoms with van der Waals surface area (Å²) in [6, 6.07) is 21.5. The first-order valence-corrected chi connectivity index (χ1v) is 16.7. The average Bonchev–Trinajstić information content (AvgIpc) is 3.54. The third-order valence-electron chi connectivity index (χ3n) is 8.68. The van der Waals surface area contributed by atoms with Gasteiger partial charge in [0.15, 0.2) is 5.69 Å². The van der Waals surface area contributed by atoms with E-state index >= 15 is 0 Å². The van der Waals surface area contributed by atoms with E-state index in [4.69, 9.17) is 4.74 Å². The Hall–Kier alpha value is -4.75. The Balaban J connectivity index is 1.33. The Morgan fingerprint density at radius 2 is 1.67 bits per heavy atom. The summed E-state index contributed by atoms with van der Waals surface area (Å²) >= 11 is 0. The predicted molar refractivity (Wildman–Crippen MR) is 170 cm³/mol. The number of piperazine rings is 1. The molecule has 0 saturated carbocycles. The fourth-order valence-electron chi connectivity index (χ4n) is 6.32. The number of aromatic nitrogens is 3. The minimum absolute atomic E-state index is 0.0868. The number of benzene rings is 2. The van der Waals surface area contributed by atoms with Crippen LogP contribution in [0.1, 0.15) is 34.9 Å². The maximum Gasteiger partial charge on any atom is 0.407 e. The number of carboxylic acid groups (broad SMARTS) is 1. The fourth-order valence-corrected chi connectivity index (χ4v) is 7.79. The molecule has 2 aliphatic heterocycles. The second kappa shape index (κ2) is 13.3. The third-order valence-corrected chi connectivity index (χ3v) is 10.5. The van der Waals surface area contributed by atoms with E-state index in [1.165, 1.54) is 34.6 Å². The zero-order valence-electron chi connectivity index (χ0n) is 25.5. The summed E-state index contributed by atoms with van der Waals surface area (Å²) in [7, 11) is -2.36. The third kappa shape index (κ3) is 6.33. The maximum atomic E-state index is 14.4. The molecule has 2 saturated heterocycles. The molecule has 240 valence electrons. The average molecular weight is 645 g/mol. The first-order chi connectivity index (χ1) is 22.3. The summed E-state index contributed by atoms with van der Waals surface area (Å²) in [6.07, 6.45) is 3.74. The van der Waals surface area contributed by atoms with Crippen molar-refractivity contribution < 1.29 is 27.9 Å². The highest BCUT2D eigenvalue weighted by molar-refractivity contribution is 7.89. The first kappa shape index (κ1) is 31.2. The van der Waals surface area contributed by atoms with Crippen LogP contribution in [0.4, 0.5) is 4.79 Å². The molecule has 6 rings (SSSR count). The molecule has 0 aliphatic carbocycles. The van der Waals surface area contributed by atoms with Crippen molar-refractivity contribution in [2.75, 3.05) is 39.8 Å². The molecule has 2 aromatic heterocycles. The van der Waals surface area contributed by atoms with E-state index in [0.717, 1.165) is 11.1 Å². The molecule has 2 aliphatic rings. The molecule has 4 aromatic rings. The van der Waals surface area contributed by atoms with Gasteiger partial charge in [0.2, 0.25) is 15.9 Å². The molecule has 0 spiro atoms. The van der Waals surface area contributed by atoms with Crippen molar-refractivity contribution in [1.82, 2.24) is 28.6 Å². The number of pyridine rings is 1. The Kier molecular flexibility index (Phi) is 9.04. The van der Waals surface area contributed by atoms with Gasteiger partial charge in [-0.05, 0) is 30.9 Å². The molecule has 0 bridgehead atoms. The van der Waals surface area contributed by atoms with Gasteiger partial charge < -0.3 is 24.2 Å². The second-order valence-corrected chi connectivity index (χ2v) is 13.4. The Labute approximate surface area is 267 Å². The molecule has 2 aromatic carbocycles. The monoisotopic (exact) mass is 644 g/mol. The molecule has 46 heavy (non-hydrogen) atoms. The van der Waals surface area contributed by atoms with Crippen LogP contribution in [-0.4, -0.2) is 100 Å². The van der Waals surface area contributed by atoms with Crippen LogP contribution in [0, 0.1) is 0 Å². The second-order valence-electron chi connectivity index (χ2n) is 11.5. The molecule has 1 unspecified atom stereocenters. The molecule has 2 amide bonds. The minimum Gasteiger partial charge on any atom is -0.481 e. The van der Waals surface area contributed by atoms with E-state index in [2.05, 4.69) is 9.97 Å². The van der Waals surface area contributed by atoms with Crippen LogP contribution in [0.25, 0.3) is 11.3 Å². The lowest BCUT2D eigenvalue weighted by atomic mass is 10.0. The van der Waals surface area contributed by atoms with Gasteiger partial charge in [0.25, 0.3) is 5.91 Å². The van der Waals surface area contributed by atoms with Crippen molar-refractivity contribution in [2.45, 2.75) is 36.2 Å². The van der Waals surface area contributed by atoms with Crippen LogP contribution in [0.5, 0.6) is 5.88 Å². The zero-order chi connectivity index (χ0) is 32.3. The lowest BCUT2D eigenvalue weighted by Gasteiger charge is -2.40. The van der Waals surface area contributed by atoms with E-state index in [1.807, 2.05) is 65.2 Å². The van der Waals surface area contributed by atoms with E-state index in [-0.39, 0.29) is 54.8 Å². The summed E-state index contributed by atoms with van der Waals surface area (Å²) < 4.78 is 35.7. The van der Waals surface area contributed by atoms with Crippen molar-refractivity contribution >= 4 is 22.0 Å². The summed E-state index contributed by atoms with van der Waals surface area (Å²) in [6.45, 7) is 1.18. The van der Waals surface area contributed by atoms with Gasteiger partial charge in [0, 0.05) is 50.4 Å². The quantitative estimate of drug-likeness (QED) is 0.304. The summed E-state index contributed by atoms with van der Waals surface area (Å²) in [5, 5.41) is 9.73. The number of methoxy groups -OCH3 is 1. The first-order valence-electron chi connectivity index (χ1n) is 15.2. The molecule has 2 fully saturated rings. The van der Waals surface area contributed by atoms with Crippen molar-refractivity contribution in [1.29, 1.82) is 0 Å². The molecule has 4 heterocycles. The minimum atomic E-state index is -3.83. The standard InChI is InChI=1S/C33H36N6O6S/c1-45-29-15-14-28(20-34-29)46(43,44)37-16-8-13-26(22-37)39-23-35-30(31(39)25-11-6-3-7-12-25)32(40)38-18-17-36(33(41)42)21-27(38)19-24-9-4-2-5-10-24/h2-7,9-12,14-15,20,23,26-27H,8,13,16-19,21-22H2,1H3,(H,41,42)/t26?,27-/m1/s1. The Morgan fingerprint density at radius 1 is 0.935 bits per heavy atom. The summed E-state index contributed by atoms with van der Waals surface area (Å²) in [5.74, 6) is 0.0436. The molecular formula is C33H36N6O6S. The summed E-state index contributed by atoms with van der Waals surface area (Å²) in [4.78, 5) is 38.2. The SMILES string of the molecule is COc1ccc(S(=O)(=O)N2CCCC(n3cnc(C(=O)N4CCN(C(=O)O)C[C@H]4Cc4ccccc4)c3-c3ccccc3)C2)cn1. The number of rotatable bonds is 8. The number of nitrogens with zero attached hydrogens (tertiary/aromatic N) is 6.